The van der Waals surface area contributed by atoms with Gasteiger partial charge in [-0.1, -0.05) is 6.07 Å². The number of nitrogens with two attached hydrogens (primary N) is 1. The summed E-state index contributed by atoms with van der Waals surface area (Å²) in [7, 11) is 0. The minimum atomic E-state index is -0.318. The largest absolute Gasteiger partial charge is 0.383 e. The normalized spacial score (nSPS) is 14.5. The highest BCUT2D eigenvalue weighted by atomic mass is 79.9. The standard InChI is InChI=1S/C26H27BrN8O2/c1-16-4-3-7-29-23(16)17(2)35(15-20-5-6-22(33-32-20)34-8-10-37-11-9-34)26(36)19-12-18-13-21(27)24(28)31-25(18)30-14-19/h3-7,12-14,17H,8-11,15H2,1-2H3,(H2,28,30,31)/t17-/m0/s1. The number of amides is 1. The van der Waals surface area contributed by atoms with E-state index in [2.05, 4.69) is 46.0 Å². The van der Waals surface area contributed by atoms with Gasteiger partial charge >= 0.3 is 0 Å². The molecule has 1 saturated heterocycles. The van der Waals surface area contributed by atoms with Crippen LogP contribution in [0, 0.1) is 6.92 Å². The number of fused-ring (bicyclic) bond motifs is 1. The lowest BCUT2D eigenvalue weighted by molar-refractivity contribution is 0.0666. The lowest BCUT2D eigenvalue weighted by Crippen LogP contribution is -2.37. The first-order valence-electron chi connectivity index (χ1n) is 12.0. The van der Waals surface area contributed by atoms with Gasteiger partial charge in [-0.2, -0.15) is 5.10 Å². The monoisotopic (exact) mass is 562 g/mol. The molecule has 5 heterocycles. The van der Waals surface area contributed by atoms with Crippen molar-refractivity contribution in [3.63, 3.8) is 0 Å². The first kappa shape index (κ1) is 25.0. The van der Waals surface area contributed by atoms with Crippen LogP contribution in [0.5, 0.6) is 0 Å². The molecule has 1 fully saturated rings. The van der Waals surface area contributed by atoms with E-state index in [1.165, 1.54) is 6.20 Å². The van der Waals surface area contributed by atoms with Crippen molar-refractivity contribution in [2.24, 2.45) is 0 Å². The van der Waals surface area contributed by atoms with E-state index in [1.807, 2.05) is 44.2 Å². The van der Waals surface area contributed by atoms with Gasteiger partial charge in [0.15, 0.2) is 11.5 Å². The lowest BCUT2D eigenvalue weighted by atomic mass is 10.1. The third-order valence-electron chi connectivity index (χ3n) is 6.44. The Labute approximate surface area is 223 Å². The number of morpholine rings is 1. The van der Waals surface area contributed by atoms with E-state index in [-0.39, 0.29) is 18.5 Å². The number of nitrogen functional groups attached to an aromatic ring is 1. The van der Waals surface area contributed by atoms with Gasteiger partial charge in [0, 0.05) is 30.9 Å². The Balaban J connectivity index is 1.47. The second kappa shape index (κ2) is 10.7. The van der Waals surface area contributed by atoms with Crippen molar-refractivity contribution in [3.05, 3.63) is 75.8 Å². The third kappa shape index (κ3) is 5.37. The highest BCUT2D eigenvalue weighted by Gasteiger charge is 2.26. The third-order valence-corrected chi connectivity index (χ3v) is 7.08. The van der Waals surface area contributed by atoms with E-state index in [4.69, 9.17) is 10.5 Å². The number of halogens is 1. The summed E-state index contributed by atoms with van der Waals surface area (Å²) >= 11 is 3.40. The second-order valence-electron chi connectivity index (χ2n) is 8.92. The van der Waals surface area contributed by atoms with Crippen LogP contribution in [-0.2, 0) is 11.3 Å². The van der Waals surface area contributed by atoms with Gasteiger partial charge in [0.2, 0.25) is 0 Å². The maximum atomic E-state index is 13.9. The molecule has 1 aliphatic rings. The van der Waals surface area contributed by atoms with Crippen LogP contribution in [0.1, 0.15) is 40.3 Å². The van der Waals surface area contributed by atoms with Crippen molar-refractivity contribution in [1.29, 1.82) is 0 Å². The van der Waals surface area contributed by atoms with Gasteiger partial charge in [-0.25, -0.2) is 9.97 Å². The Kier molecular flexibility index (Phi) is 7.24. The molecule has 1 amide bonds. The molecule has 0 radical (unpaired) electrons. The van der Waals surface area contributed by atoms with Crippen LogP contribution in [0.4, 0.5) is 11.6 Å². The molecule has 0 bridgehead atoms. The predicted molar refractivity (Wildman–Crippen MR) is 144 cm³/mol. The summed E-state index contributed by atoms with van der Waals surface area (Å²) in [6, 6.07) is 11.0. The van der Waals surface area contributed by atoms with Crippen LogP contribution in [-0.4, -0.2) is 62.3 Å². The first-order chi connectivity index (χ1) is 17.9. The SMILES string of the molecule is Cc1cccnc1[C@H](C)N(Cc1ccc(N2CCOCC2)nn1)C(=O)c1cnc2nc(N)c(Br)cc2c1. The van der Waals surface area contributed by atoms with Crippen molar-refractivity contribution in [2.75, 3.05) is 36.9 Å². The zero-order valence-corrected chi connectivity index (χ0v) is 22.2. The highest BCUT2D eigenvalue weighted by Crippen LogP contribution is 2.27. The predicted octanol–water partition coefficient (Wildman–Crippen LogP) is 3.71. The number of pyridine rings is 3. The molecule has 0 aliphatic carbocycles. The van der Waals surface area contributed by atoms with Gasteiger partial charge in [-0.05, 0) is 65.7 Å². The zero-order chi connectivity index (χ0) is 25.9. The first-order valence-corrected chi connectivity index (χ1v) is 12.8. The van der Waals surface area contributed by atoms with Crippen molar-refractivity contribution < 1.29 is 9.53 Å². The van der Waals surface area contributed by atoms with Gasteiger partial charge < -0.3 is 20.3 Å². The molecule has 0 unspecified atom stereocenters. The molecule has 0 saturated carbocycles. The zero-order valence-electron chi connectivity index (χ0n) is 20.6. The second-order valence-corrected chi connectivity index (χ2v) is 9.78. The van der Waals surface area contributed by atoms with Gasteiger partial charge in [0.1, 0.15) is 5.82 Å². The Morgan fingerprint density at radius 2 is 2.00 bits per heavy atom. The molecule has 4 aromatic rings. The number of ether oxygens (including phenoxy) is 1. The number of anilines is 2. The van der Waals surface area contributed by atoms with E-state index in [9.17, 15) is 4.79 Å². The van der Waals surface area contributed by atoms with E-state index < -0.39 is 0 Å². The fourth-order valence-corrected chi connectivity index (χ4v) is 4.71. The van der Waals surface area contributed by atoms with Crippen LogP contribution in [0.15, 0.2) is 53.3 Å². The van der Waals surface area contributed by atoms with Crippen LogP contribution in [0.25, 0.3) is 11.0 Å². The Morgan fingerprint density at radius 3 is 2.73 bits per heavy atom. The number of aromatic nitrogens is 5. The molecule has 37 heavy (non-hydrogen) atoms. The Morgan fingerprint density at radius 1 is 1.19 bits per heavy atom. The summed E-state index contributed by atoms with van der Waals surface area (Å²) in [6.45, 7) is 7.12. The number of aryl methyl sites for hydroxylation is 1. The van der Waals surface area contributed by atoms with Crippen LogP contribution in [0.3, 0.4) is 0 Å². The molecule has 190 valence electrons. The smallest absolute Gasteiger partial charge is 0.256 e. The minimum Gasteiger partial charge on any atom is -0.383 e. The van der Waals surface area contributed by atoms with Gasteiger partial charge in [-0.15, -0.1) is 5.10 Å². The molecule has 10 nitrogen and oxygen atoms in total. The fraction of sp³-hybridized carbons (Fsp3) is 0.308. The van der Waals surface area contributed by atoms with E-state index in [0.29, 0.717) is 45.8 Å². The number of rotatable bonds is 6. The molecule has 11 heteroatoms. The molecular weight excluding hydrogens is 536 g/mol. The van der Waals surface area contributed by atoms with Crippen molar-refractivity contribution in [2.45, 2.75) is 26.4 Å². The van der Waals surface area contributed by atoms with Gasteiger partial charge in [-0.3, -0.25) is 9.78 Å². The average Bonchev–Trinajstić information content (AvgIpc) is 2.92. The van der Waals surface area contributed by atoms with Crippen molar-refractivity contribution >= 4 is 44.5 Å². The summed E-state index contributed by atoms with van der Waals surface area (Å²) in [4.78, 5) is 31.0. The molecule has 5 rings (SSSR count). The maximum Gasteiger partial charge on any atom is 0.256 e. The van der Waals surface area contributed by atoms with Crippen LogP contribution >= 0.6 is 15.9 Å². The lowest BCUT2D eigenvalue weighted by Gasteiger charge is -2.30. The van der Waals surface area contributed by atoms with Crippen LogP contribution < -0.4 is 10.6 Å². The number of hydrogen-bond acceptors (Lipinski definition) is 9. The molecule has 1 aliphatic heterocycles. The Bertz CT molecular complexity index is 1430. The number of carbonyl (C=O) groups is 1. The minimum absolute atomic E-state index is 0.195. The summed E-state index contributed by atoms with van der Waals surface area (Å²) in [5, 5.41) is 9.58. The molecule has 2 N–H and O–H groups in total. The molecule has 0 spiro atoms. The molecule has 0 aromatic carbocycles. The van der Waals surface area contributed by atoms with Crippen LogP contribution in [0.2, 0.25) is 0 Å². The number of carbonyl (C=O) groups excluding carboxylic acids is 1. The fourth-order valence-electron chi connectivity index (χ4n) is 4.38. The van der Waals surface area contributed by atoms with Gasteiger partial charge in [0.25, 0.3) is 5.91 Å². The van der Waals surface area contributed by atoms with Gasteiger partial charge in [0.05, 0.1) is 47.2 Å². The van der Waals surface area contributed by atoms with E-state index in [1.54, 1.807) is 17.2 Å². The maximum absolute atomic E-state index is 13.9. The summed E-state index contributed by atoms with van der Waals surface area (Å²) in [5.74, 6) is 0.952. The number of hydrogen-bond donors (Lipinski definition) is 1. The summed E-state index contributed by atoms with van der Waals surface area (Å²) < 4.78 is 6.07. The molecule has 1 atom stereocenters. The number of nitrogens with zero attached hydrogens (tertiary/aromatic N) is 7. The molecule has 4 aromatic heterocycles. The average molecular weight is 563 g/mol. The molecular formula is C26H27BrN8O2. The summed E-state index contributed by atoms with van der Waals surface area (Å²) in [5.41, 5.74) is 9.30. The van der Waals surface area contributed by atoms with Crippen molar-refractivity contribution in [3.8, 4) is 0 Å². The van der Waals surface area contributed by atoms with Crippen molar-refractivity contribution in [1.82, 2.24) is 30.0 Å². The highest BCUT2D eigenvalue weighted by molar-refractivity contribution is 9.10. The van der Waals surface area contributed by atoms with E-state index in [0.717, 1.165) is 30.2 Å². The Hall–Kier alpha value is -3.70. The van der Waals surface area contributed by atoms with E-state index >= 15 is 0 Å². The topological polar surface area (TPSA) is 123 Å². The quantitative estimate of drug-likeness (QED) is 0.374. The summed E-state index contributed by atoms with van der Waals surface area (Å²) in [6.07, 6.45) is 3.27.